The summed E-state index contributed by atoms with van der Waals surface area (Å²) in [5.74, 6) is -1.40. The van der Waals surface area contributed by atoms with Gasteiger partial charge in [0.15, 0.2) is 5.65 Å². The number of carbonyl (C=O) groups excluding carboxylic acids is 1. The van der Waals surface area contributed by atoms with Crippen molar-refractivity contribution in [1.29, 1.82) is 0 Å². The number of pyridine rings is 1. The Morgan fingerprint density at radius 3 is 2.15 bits per heavy atom. The van der Waals surface area contributed by atoms with Crippen molar-refractivity contribution in [2.45, 2.75) is 91.8 Å². The Bertz CT molecular complexity index is 1830. The van der Waals surface area contributed by atoms with E-state index >= 15 is 8.78 Å². The van der Waals surface area contributed by atoms with E-state index < -0.39 is 29.0 Å². The van der Waals surface area contributed by atoms with Crippen LogP contribution < -0.4 is 10.6 Å². The van der Waals surface area contributed by atoms with Gasteiger partial charge in [-0.25, -0.2) is 37.9 Å². The summed E-state index contributed by atoms with van der Waals surface area (Å²) in [5, 5.41) is 0.259. The third kappa shape index (κ3) is 6.17. The van der Waals surface area contributed by atoms with E-state index in [0.29, 0.717) is 23.6 Å². The number of halogens is 2. The molecule has 4 heterocycles. The summed E-state index contributed by atoms with van der Waals surface area (Å²) in [5.41, 5.74) is 0.133. The first-order valence-corrected chi connectivity index (χ1v) is 15.6. The second kappa shape index (κ2) is 12.4. The van der Waals surface area contributed by atoms with Crippen molar-refractivity contribution in [3.05, 3.63) is 70.2 Å². The van der Waals surface area contributed by atoms with Gasteiger partial charge in [-0.2, -0.15) is 4.98 Å². The van der Waals surface area contributed by atoms with Crippen molar-refractivity contribution in [3.63, 3.8) is 0 Å². The van der Waals surface area contributed by atoms with Gasteiger partial charge < -0.3 is 14.5 Å². The summed E-state index contributed by atoms with van der Waals surface area (Å²) in [6.45, 7) is 17.6. The first kappa shape index (κ1) is 32.9. The topological polar surface area (TPSA) is 106 Å². The molecule has 0 aliphatic carbocycles. The summed E-state index contributed by atoms with van der Waals surface area (Å²) < 4.78 is 38.0. The molecule has 10 nitrogen and oxygen atoms in total. The molecule has 0 unspecified atom stereocenters. The van der Waals surface area contributed by atoms with Crippen LogP contribution in [0.2, 0.25) is 0 Å². The standard InChI is InChI=1S/C34H41F2N7O3/c1-18(2)26-29(27(19(3)4)38-17-37-26)43-31-23(14-25(36)28(39-31)22-12-10-11-13-24(22)35)30(40-32(43)44)41-15-21(6)42(16-20(41)5)33(45)46-34(7,8)9/h10-14,17-21H,15-16H2,1-9H3/t20-,21+/m0/s1. The summed E-state index contributed by atoms with van der Waals surface area (Å²) in [6.07, 6.45) is 1.03. The number of carbonyl (C=O) groups is 1. The Kier molecular flexibility index (Phi) is 8.85. The number of aromatic nitrogens is 5. The van der Waals surface area contributed by atoms with E-state index in [1.807, 2.05) is 67.2 Å². The number of rotatable bonds is 5. The molecule has 1 amide bonds. The summed E-state index contributed by atoms with van der Waals surface area (Å²) in [6, 6.07) is 6.42. The highest BCUT2D eigenvalue weighted by Crippen LogP contribution is 2.35. The lowest BCUT2D eigenvalue weighted by molar-refractivity contribution is 0.0130. The highest BCUT2D eigenvalue weighted by atomic mass is 19.1. The van der Waals surface area contributed by atoms with Crippen LogP contribution in [-0.2, 0) is 4.74 Å². The highest BCUT2D eigenvalue weighted by molar-refractivity contribution is 5.90. The SMILES string of the molecule is CC(C)c1ncnc(C(C)C)c1-n1c(=O)nc(N2C[C@@H](C)N(C(=O)OC(C)(C)C)C[C@@H]2C)c2cc(F)c(-c3ccccc3F)nc21. The van der Waals surface area contributed by atoms with Gasteiger partial charge in [0.2, 0.25) is 0 Å². The summed E-state index contributed by atoms with van der Waals surface area (Å²) in [7, 11) is 0. The fraction of sp³-hybridized carbons (Fsp3) is 0.471. The van der Waals surface area contributed by atoms with E-state index in [4.69, 9.17) is 4.74 Å². The zero-order valence-electron chi connectivity index (χ0n) is 27.8. The number of ether oxygens (including phenoxy) is 1. The third-order valence-electron chi connectivity index (χ3n) is 8.01. The molecule has 1 fully saturated rings. The van der Waals surface area contributed by atoms with Crippen molar-refractivity contribution in [3.8, 4) is 16.9 Å². The van der Waals surface area contributed by atoms with Crippen molar-refractivity contribution in [2.24, 2.45) is 0 Å². The molecule has 1 aliphatic rings. The molecule has 0 spiro atoms. The average molecular weight is 634 g/mol. The Hall–Kier alpha value is -4.48. The number of piperazine rings is 1. The Morgan fingerprint density at radius 1 is 0.935 bits per heavy atom. The van der Waals surface area contributed by atoms with E-state index in [2.05, 4.69) is 19.9 Å². The van der Waals surface area contributed by atoms with Gasteiger partial charge in [0.05, 0.1) is 22.5 Å². The molecule has 0 saturated carbocycles. The number of hydrogen-bond donors (Lipinski definition) is 0. The first-order valence-electron chi connectivity index (χ1n) is 15.6. The number of benzene rings is 1. The number of nitrogens with zero attached hydrogens (tertiary/aromatic N) is 7. The zero-order chi connectivity index (χ0) is 33.7. The molecular weight excluding hydrogens is 592 g/mol. The molecule has 1 aliphatic heterocycles. The van der Waals surface area contributed by atoms with E-state index in [1.165, 1.54) is 35.2 Å². The van der Waals surface area contributed by atoms with Crippen LogP contribution in [-0.4, -0.2) is 66.3 Å². The van der Waals surface area contributed by atoms with Crippen molar-refractivity contribution >= 4 is 22.9 Å². The molecule has 4 aromatic rings. The number of fused-ring (bicyclic) bond motifs is 1. The van der Waals surface area contributed by atoms with E-state index in [-0.39, 0.29) is 58.6 Å². The smallest absolute Gasteiger partial charge is 0.410 e. The fourth-order valence-electron chi connectivity index (χ4n) is 5.85. The molecule has 0 bridgehead atoms. The second-order valence-electron chi connectivity index (χ2n) is 13.5. The molecule has 0 radical (unpaired) electrons. The molecule has 3 aromatic heterocycles. The molecule has 1 aromatic carbocycles. The predicted octanol–water partition coefficient (Wildman–Crippen LogP) is 6.60. The van der Waals surface area contributed by atoms with E-state index in [9.17, 15) is 9.59 Å². The lowest BCUT2D eigenvalue weighted by Crippen LogP contribution is -2.59. The van der Waals surface area contributed by atoms with Gasteiger partial charge in [-0.05, 0) is 64.7 Å². The zero-order valence-corrected chi connectivity index (χ0v) is 27.8. The van der Waals surface area contributed by atoms with Crippen LogP contribution >= 0.6 is 0 Å². The maximum Gasteiger partial charge on any atom is 0.410 e. The molecule has 244 valence electrons. The van der Waals surface area contributed by atoms with Crippen molar-refractivity contribution < 1.29 is 18.3 Å². The number of anilines is 1. The fourth-order valence-corrected chi connectivity index (χ4v) is 5.85. The number of amides is 1. The first-order chi connectivity index (χ1) is 21.6. The molecule has 46 heavy (non-hydrogen) atoms. The molecule has 2 atom stereocenters. The van der Waals surface area contributed by atoms with Gasteiger partial charge in [0.1, 0.15) is 35.1 Å². The quantitative estimate of drug-likeness (QED) is 0.242. The summed E-state index contributed by atoms with van der Waals surface area (Å²) in [4.78, 5) is 49.0. The Balaban J connectivity index is 1.78. The van der Waals surface area contributed by atoms with Gasteiger partial charge in [-0.1, -0.05) is 39.8 Å². The van der Waals surface area contributed by atoms with Gasteiger partial charge in [-0.3, -0.25) is 0 Å². The molecule has 5 rings (SSSR count). The van der Waals surface area contributed by atoms with Gasteiger partial charge in [0.25, 0.3) is 0 Å². The highest BCUT2D eigenvalue weighted by Gasteiger charge is 2.37. The van der Waals surface area contributed by atoms with Crippen molar-refractivity contribution in [1.82, 2.24) is 29.4 Å². The monoisotopic (exact) mass is 633 g/mol. The lowest BCUT2D eigenvalue weighted by Gasteiger charge is -2.44. The van der Waals surface area contributed by atoms with Crippen LogP contribution in [0.3, 0.4) is 0 Å². The van der Waals surface area contributed by atoms with Crippen LogP contribution in [0.25, 0.3) is 28.0 Å². The molecule has 1 saturated heterocycles. The second-order valence-corrected chi connectivity index (χ2v) is 13.5. The van der Waals surface area contributed by atoms with Gasteiger partial charge in [-0.15, -0.1) is 0 Å². The minimum absolute atomic E-state index is 0.0373. The summed E-state index contributed by atoms with van der Waals surface area (Å²) >= 11 is 0. The third-order valence-corrected chi connectivity index (χ3v) is 8.01. The number of hydrogen-bond acceptors (Lipinski definition) is 8. The maximum absolute atomic E-state index is 16.0. The van der Waals surface area contributed by atoms with Crippen molar-refractivity contribution in [2.75, 3.05) is 18.0 Å². The minimum Gasteiger partial charge on any atom is -0.444 e. The van der Waals surface area contributed by atoms with Gasteiger partial charge >= 0.3 is 11.8 Å². The van der Waals surface area contributed by atoms with Crippen LogP contribution in [0.1, 0.15) is 85.5 Å². The largest absolute Gasteiger partial charge is 0.444 e. The Morgan fingerprint density at radius 2 is 1.57 bits per heavy atom. The maximum atomic E-state index is 16.0. The normalized spacial score (nSPS) is 17.3. The van der Waals surface area contributed by atoms with E-state index in [0.717, 1.165) is 0 Å². The minimum atomic E-state index is -0.767. The predicted molar refractivity (Wildman–Crippen MR) is 173 cm³/mol. The lowest BCUT2D eigenvalue weighted by atomic mass is 10.0. The van der Waals surface area contributed by atoms with Crippen LogP contribution in [0, 0.1) is 11.6 Å². The molecule has 0 N–H and O–H groups in total. The van der Waals surface area contributed by atoms with Crippen LogP contribution in [0.4, 0.5) is 19.4 Å². The van der Waals surface area contributed by atoms with Gasteiger partial charge in [0, 0.05) is 30.7 Å². The molecule has 12 heteroatoms. The van der Waals surface area contributed by atoms with Crippen LogP contribution in [0.5, 0.6) is 0 Å². The van der Waals surface area contributed by atoms with E-state index in [1.54, 1.807) is 11.0 Å². The Labute approximate surface area is 267 Å². The van der Waals surface area contributed by atoms with Crippen LogP contribution in [0.15, 0.2) is 41.5 Å². The average Bonchev–Trinajstić information content (AvgIpc) is 2.97. The molecular formula is C34H41F2N7O3.